The molecule has 0 aromatic heterocycles. The molecule has 1 unspecified atom stereocenters. The monoisotopic (exact) mass is 249 g/mol. The Morgan fingerprint density at radius 1 is 1.50 bits per heavy atom. The van der Waals surface area contributed by atoms with Crippen molar-refractivity contribution in [2.45, 2.75) is 31.4 Å². The fraction of sp³-hybridized carbons (Fsp3) is 0.900. The molecule has 5 nitrogen and oxygen atoms in total. The second-order valence-electron chi connectivity index (χ2n) is 4.81. The summed E-state index contributed by atoms with van der Waals surface area (Å²) in [6.45, 7) is 4.08. The number of hydrogen-bond donors (Lipinski definition) is 2. The van der Waals surface area contributed by atoms with E-state index in [9.17, 15) is 13.2 Å². The minimum atomic E-state index is -3.60. The summed E-state index contributed by atoms with van der Waals surface area (Å²) in [6, 6.07) is 0. The second-order valence-corrected chi connectivity index (χ2v) is 7.39. The second kappa shape index (κ2) is 4.71. The predicted molar refractivity (Wildman–Crippen MR) is 61.1 cm³/mol. The maximum absolute atomic E-state index is 12.0. The number of carboxylic acids is 1. The molecular formula is C10H19NO4S. The third-order valence-corrected chi connectivity index (χ3v) is 5.79. The molecule has 1 saturated heterocycles. The van der Waals surface area contributed by atoms with E-state index in [2.05, 4.69) is 5.32 Å². The van der Waals surface area contributed by atoms with Gasteiger partial charge in [0.2, 0.25) is 0 Å². The van der Waals surface area contributed by atoms with Gasteiger partial charge in [0.1, 0.15) is 0 Å². The van der Waals surface area contributed by atoms with Crippen molar-refractivity contribution in [2.75, 3.05) is 18.8 Å². The fourth-order valence-electron chi connectivity index (χ4n) is 1.72. The van der Waals surface area contributed by atoms with Crippen LogP contribution in [-0.4, -0.2) is 43.1 Å². The Labute approximate surface area is 96.1 Å². The smallest absolute Gasteiger partial charge is 0.324 e. The predicted octanol–water partition coefficient (Wildman–Crippen LogP) is 0.264. The van der Waals surface area contributed by atoms with Gasteiger partial charge >= 0.3 is 5.97 Å². The number of carbonyl (C=O) groups is 1. The average molecular weight is 249 g/mol. The highest BCUT2D eigenvalue weighted by atomic mass is 32.2. The molecule has 1 aliphatic heterocycles. The summed E-state index contributed by atoms with van der Waals surface area (Å²) in [5.74, 6) is -1.28. The van der Waals surface area contributed by atoms with Crippen LogP contribution in [0.2, 0.25) is 0 Å². The van der Waals surface area contributed by atoms with Crippen molar-refractivity contribution >= 4 is 15.8 Å². The molecule has 0 spiro atoms. The quantitative estimate of drug-likeness (QED) is 0.747. The number of aliphatic carboxylic acids is 1. The van der Waals surface area contributed by atoms with Gasteiger partial charge < -0.3 is 10.4 Å². The molecule has 1 atom stereocenters. The molecule has 0 bridgehead atoms. The van der Waals surface area contributed by atoms with Crippen LogP contribution in [0, 0.1) is 5.92 Å². The van der Waals surface area contributed by atoms with Gasteiger partial charge in [0.25, 0.3) is 0 Å². The lowest BCUT2D eigenvalue weighted by molar-refractivity contribution is -0.139. The molecule has 2 N–H and O–H groups in total. The zero-order valence-corrected chi connectivity index (χ0v) is 10.5. The molecule has 1 fully saturated rings. The lowest BCUT2D eigenvalue weighted by Gasteiger charge is -2.26. The van der Waals surface area contributed by atoms with Crippen LogP contribution in [0.15, 0.2) is 0 Å². The molecule has 1 rings (SSSR count). The van der Waals surface area contributed by atoms with Gasteiger partial charge in [0.05, 0.1) is 5.75 Å². The number of rotatable bonds is 4. The lowest BCUT2D eigenvalue weighted by atomic mass is 10.0. The van der Waals surface area contributed by atoms with Crippen LogP contribution in [0.25, 0.3) is 0 Å². The normalized spacial score (nSPS) is 23.0. The van der Waals surface area contributed by atoms with Gasteiger partial charge in [-0.2, -0.15) is 0 Å². The van der Waals surface area contributed by atoms with Gasteiger partial charge in [0.15, 0.2) is 14.6 Å². The van der Waals surface area contributed by atoms with Gasteiger partial charge in [0, 0.05) is 0 Å². The Hall–Kier alpha value is -0.620. The highest BCUT2D eigenvalue weighted by Crippen LogP contribution is 2.22. The first-order valence-electron chi connectivity index (χ1n) is 5.44. The summed E-state index contributed by atoms with van der Waals surface area (Å²) in [5.41, 5.74) is 0. The average Bonchev–Trinajstić information content (AvgIpc) is 2.18. The minimum absolute atomic E-state index is 0.0392. The molecule has 1 heterocycles. The van der Waals surface area contributed by atoms with Gasteiger partial charge in [-0.3, -0.25) is 4.79 Å². The number of sulfone groups is 1. The molecule has 0 aromatic rings. The van der Waals surface area contributed by atoms with Gasteiger partial charge in [-0.25, -0.2) is 8.42 Å². The summed E-state index contributed by atoms with van der Waals surface area (Å²) in [4.78, 5) is 10.9. The maximum atomic E-state index is 12.0. The van der Waals surface area contributed by atoms with E-state index in [0.29, 0.717) is 6.54 Å². The number of piperidine rings is 1. The van der Waals surface area contributed by atoms with Crippen molar-refractivity contribution < 1.29 is 18.3 Å². The van der Waals surface area contributed by atoms with E-state index in [1.807, 2.05) is 0 Å². The Bertz CT molecular complexity index is 355. The third kappa shape index (κ3) is 2.74. The van der Waals surface area contributed by atoms with Crippen molar-refractivity contribution in [2.24, 2.45) is 5.92 Å². The molecular weight excluding hydrogens is 230 g/mol. The van der Waals surface area contributed by atoms with Gasteiger partial charge in [-0.15, -0.1) is 0 Å². The lowest BCUT2D eigenvalue weighted by Crippen LogP contribution is -2.45. The zero-order chi connectivity index (χ0) is 12.4. The largest absolute Gasteiger partial charge is 0.480 e. The van der Waals surface area contributed by atoms with E-state index in [1.54, 1.807) is 0 Å². The molecule has 0 amide bonds. The molecule has 0 aliphatic carbocycles. The van der Waals surface area contributed by atoms with Crippen molar-refractivity contribution in [1.29, 1.82) is 0 Å². The minimum Gasteiger partial charge on any atom is -0.480 e. The maximum Gasteiger partial charge on any atom is 0.324 e. The topological polar surface area (TPSA) is 83.5 Å². The van der Waals surface area contributed by atoms with E-state index in [1.165, 1.54) is 13.8 Å². The molecule has 0 radical (unpaired) electrons. The van der Waals surface area contributed by atoms with Gasteiger partial charge in [-0.05, 0) is 45.7 Å². The Morgan fingerprint density at radius 3 is 2.56 bits per heavy atom. The fourth-order valence-corrected chi connectivity index (χ4v) is 3.31. The van der Waals surface area contributed by atoms with Crippen molar-refractivity contribution in [3.63, 3.8) is 0 Å². The van der Waals surface area contributed by atoms with Crippen LogP contribution in [0.4, 0.5) is 0 Å². The molecule has 0 saturated carbocycles. The first-order valence-corrected chi connectivity index (χ1v) is 7.09. The van der Waals surface area contributed by atoms with Crippen LogP contribution in [0.3, 0.4) is 0 Å². The molecule has 1 aliphatic rings. The van der Waals surface area contributed by atoms with Crippen LogP contribution in [0.1, 0.15) is 26.7 Å². The van der Waals surface area contributed by atoms with Crippen molar-refractivity contribution in [3.8, 4) is 0 Å². The zero-order valence-electron chi connectivity index (χ0n) is 9.69. The Balaban J connectivity index is 2.74. The van der Waals surface area contributed by atoms with Crippen LogP contribution < -0.4 is 5.32 Å². The van der Waals surface area contributed by atoms with E-state index in [-0.39, 0.29) is 11.7 Å². The molecule has 6 heteroatoms. The SMILES string of the molecule is CC(C)(C(=O)O)S(=O)(=O)CC1CCCNC1. The number of hydrogen-bond acceptors (Lipinski definition) is 4. The van der Waals surface area contributed by atoms with Crippen molar-refractivity contribution in [1.82, 2.24) is 5.32 Å². The molecule has 0 aromatic carbocycles. The van der Waals surface area contributed by atoms with Gasteiger partial charge in [-0.1, -0.05) is 0 Å². The summed E-state index contributed by atoms with van der Waals surface area (Å²) < 4.78 is 22.2. The third-order valence-electron chi connectivity index (χ3n) is 3.15. The van der Waals surface area contributed by atoms with Crippen LogP contribution in [-0.2, 0) is 14.6 Å². The van der Waals surface area contributed by atoms with E-state index >= 15 is 0 Å². The van der Waals surface area contributed by atoms with E-state index < -0.39 is 20.6 Å². The molecule has 94 valence electrons. The Kier molecular flexibility index (Phi) is 3.96. The Morgan fingerprint density at radius 2 is 2.12 bits per heavy atom. The highest BCUT2D eigenvalue weighted by Gasteiger charge is 2.42. The summed E-state index contributed by atoms with van der Waals surface area (Å²) in [6.07, 6.45) is 1.80. The standard InChI is InChI=1S/C10H19NO4S/c1-10(2,9(12)13)16(14,15)7-8-4-3-5-11-6-8/h8,11H,3-7H2,1-2H3,(H,12,13). The summed E-state index contributed by atoms with van der Waals surface area (Å²) in [5, 5.41) is 12.0. The summed E-state index contributed by atoms with van der Waals surface area (Å²) >= 11 is 0. The number of nitrogens with one attached hydrogen (secondary N) is 1. The van der Waals surface area contributed by atoms with E-state index in [0.717, 1.165) is 19.4 Å². The highest BCUT2D eigenvalue weighted by molar-refractivity contribution is 7.93. The van der Waals surface area contributed by atoms with Crippen LogP contribution >= 0.6 is 0 Å². The molecule has 16 heavy (non-hydrogen) atoms. The number of carboxylic acid groups (broad SMARTS) is 1. The summed E-state index contributed by atoms with van der Waals surface area (Å²) in [7, 11) is -3.60. The first-order chi connectivity index (χ1) is 7.27. The first kappa shape index (κ1) is 13.4. The van der Waals surface area contributed by atoms with Crippen molar-refractivity contribution in [3.05, 3.63) is 0 Å². The van der Waals surface area contributed by atoms with E-state index in [4.69, 9.17) is 5.11 Å². The van der Waals surface area contributed by atoms with Crippen LogP contribution in [0.5, 0.6) is 0 Å².